The molecular formula is C14H13NS. The highest BCUT2D eigenvalue weighted by Crippen LogP contribution is 2.40. The van der Waals surface area contributed by atoms with Gasteiger partial charge < -0.3 is 4.90 Å². The van der Waals surface area contributed by atoms with Crippen molar-refractivity contribution in [3.63, 3.8) is 0 Å². The molecule has 3 rings (SSSR count). The van der Waals surface area contributed by atoms with E-state index in [1.807, 2.05) is 11.8 Å². The van der Waals surface area contributed by atoms with Crippen LogP contribution in [0.1, 0.15) is 5.56 Å². The minimum Gasteiger partial charge on any atom is -0.369 e. The zero-order valence-electron chi connectivity index (χ0n) is 9.18. The topological polar surface area (TPSA) is 3.24 Å². The van der Waals surface area contributed by atoms with Gasteiger partial charge in [-0.15, -0.1) is 0 Å². The van der Waals surface area contributed by atoms with E-state index in [2.05, 4.69) is 60.5 Å². The lowest BCUT2D eigenvalue weighted by molar-refractivity contribution is 0.900. The molecule has 2 heteroatoms. The lowest BCUT2D eigenvalue weighted by atomic mass is 10.2. The molecular weight excluding hydrogens is 214 g/mol. The minimum atomic E-state index is 0.986. The Morgan fingerprint density at radius 3 is 2.50 bits per heavy atom. The van der Waals surface area contributed by atoms with Gasteiger partial charge in [-0.3, -0.25) is 0 Å². The van der Waals surface area contributed by atoms with Gasteiger partial charge in [0, 0.05) is 23.4 Å². The summed E-state index contributed by atoms with van der Waals surface area (Å²) in [5.41, 5.74) is 2.73. The number of benzene rings is 2. The zero-order valence-corrected chi connectivity index (χ0v) is 10.00. The first kappa shape index (κ1) is 9.79. The highest BCUT2D eigenvalue weighted by molar-refractivity contribution is 7.99. The van der Waals surface area contributed by atoms with Crippen molar-refractivity contribution in [2.75, 3.05) is 11.9 Å². The van der Waals surface area contributed by atoms with E-state index >= 15 is 0 Å². The molecule has 0 radical (unpaired) electrons. The number of anilines is 1. The third kappa shape index (κ3) is 1.59. The Kier molecular flexibility index (Phi) is 2.37. The molecule has 80 valence electrons. The van der Waals surface area contributed by atoms with Gasteiger partial charge in [0.2, 0.25) is 0 Å². The van der Waals surface area contributed by atoms with Gasteiger partial charge in [-0.25, -0.2) is 0 Å². The van der Waals surface area contributed by atoms with Crippen LogP contribution >= 0.6 is 11.8 Å². The Morgan fingerprint density at radius 1 is 0.938 bits per heavy atom. The molecule has 0 bridgehead atoms. The molecule has 2 aromatic carbocycles. The quantitative estimate of drug-likeness (QED) is 0.673. The first-order valence-corrected chi connectivity index (χ1v) is 6.22. The van der Waals surface area contributed by atoms with Gasteiger partial charge in [0.15, 0.2) is 0 Å². The molecule has 1 aliphatic heterocycles. The number of hydrogen-bond acceptors (Lipinski definition) is 2. The fourth-order valence-electron chi connectivity index (χ4n) is 2.05. The van der Waals surface area contributed by atoms with Crippen LogP contribution in [0.4, 0.5) is 5.69 Å². The molecule has 2 aromatic rings. The molecule has 0 fully saturated rings. The monoisotopic (exact) mass is 227 g/mol. The first-order chi connectivity index (χ1) is 7.84. The number of fused-ring (bicyclic) bond motifs is 2. The van der Waals surface area contributed by atoms with Gasteiger partial charge in [0.25, 0.3) is 0 Å². The highest BCUT2D eigenvalue weighted by Gasteiger charge is 2.15. The van der Waals surface area contributed by atoms with Crippen LogP contribution in [0.2, 0.25) is 0 Å². The fraction of sp³-hybridized carbons (Fsp3) is 0.143. The summed E-state index contributed by atoms with van der Waals surface area (Å²) < 4.78 is 0. The molecule has 0 amide bonds. The summed E-state index contributed by atoms with van der Waals surface area (Å²) >= 11 is 1.87. The first-order valence-electron chi connectivity index (χ1n) is 5.40. The van der Waals surface area contributed by atoms with Crippen molar-refractivity contribution < 1.29 is 0 Å². The normalized spacial score (nSPS) is 13.9. The van der Waals surface area contributed by atoms with Gasteiger partial charge >= 0.3 is 0 Å². The van der Waals surface area contributed by atoms with E-state index in [-0.39, 0.29) is 0 Å². The standard InChI is InChI=1S/C14H13NS/c1-15-10-11-6-2-4-8-13(11)16-14-9-5-3-7-12(14)15/h2-9H,10H2,1H3. The third-order valence-corrected chi connectivity index (χ3v) is 4.06. The minimum absolute atomic E-state index is 0.986. The highest BCUT2D eigenvalue weighted by atomic mass is 32.2. The SMILES string of the molecule is CN1Cc2ccccc2Sc2ccccc21. The van der Waals surface area contributed by atoms with E-state index in [1.165, 1.54) is 21.0 Å². The number of hydrogen-bond donors (Lipinski definition) is 0. The molecule has 0 aromatic heterocycles. The van der Waals surface area contributed by atoms with Crippen molar-refractivity contribution in [1.29, 1.82) is 0 Å². The van der Waals surface area contributed by atoms with Gasteiger partial charge in [-0.1, -0.05) is 42.1 Å². The molecule has 1 nitrogen and oxygen atoms in total. The van der Waals surface area contributed by atoms with Crippen LogP contribution < -0.4 is 4.90 Å². The number of rotatable bonds is 0. The van der Waals surface area contributed by atoms with Gasteiger partial charge in [-0.2, -0.15) is 0 Å². The van der Waals surface area contributed by atoms with Gasteiger partial charge in [0.1, 0.15) is 0 Å². The molecule has 0 saturated heterocycles. The molecule has 1 aliphatic rings. The van der Waals surface area contributed by atoms with E-state index in [1.54, 1.807) is 0 Å². The zero-order chi connectivity index (χ0) is 11.0. The summed E-state index contributed by atoms with van der Waals surface area (Å²) in [6, 6.07) is 17.2. The molecule has 0 N–H and O–H groups in total. The maximum Gasteiger partial charge on any atom is 0.0508 e. The number of nitrogens with zero attached hydrogens (tertiary/aromatic N) is 1. The van der Waals surface area contributed by atoms with Crippen LogP contribution in [-0.4, -0.2) is 7.05 Å². The maximum absolute atomic E-state index is 2.31. The van der Waals surface area contributed by atoms with Crippen LogP contribution in [-0.2, 0) is 6.54 Å². The van der Waals surface area contributed by atoms with Crippen LogP contribution in [0, 0.1) is 0 Å². The summed E-state index contributed by atoms with van der Waals surface area (Å²) in [6.07, 6.45) is 0. The Hall–Kier alpha value is -1.41. The van der Waals surface area contributed by atoms with Gasteiger partial charge in [0.05, 0.1) is 5.69 Å². The van der Waals surface area contributed by atoms with Crippen LogP contribution in [0.3, 0.4) is 0 Å². The average molecular weight is 227 g/mol. The Morgan fingerprint density at radius 2 is 1.62 bits per heavy atom. The summed E-state index contributed by atoms with van der Waals surface area (Å²) in [4.78, 5) is 5.03. The van der Waals surface area contributed by atoms with Crippen LogP contribution in [0.25, 0.3) is 0 Å². The van der Waals surface area contributed by atoms with Crippen molar-refractivity contribution in [2.45, 2.75) is 16.3 Å². The Bertz CT molecular complexity index is 522. The molecule has 1 heterocycles. The van der Waals surface area contributed by atoms with E-state index in [4.69, 9.17) is 0 Å². The number of para-hydroxylation sites is 1. The lowest BCUT2D eigenvalue weighted by Gasteiger charge is -2.18. The summed E-state index contributed by atoms with van der Waals surface area (Å²) in [5.74, 6) is 0. The predicted octanol–water partition coefficient (Wildman–Crippen LogP) is 3.79. The molecule has 0 atom stereocenters. The molecule has 0 saturated carbocycles. The van der Waals surface area contributed by atoms with Crippen LogP contribution in [0.15, 0.2) is 58.3 Å². The second-order valence-electron chi connectivity index (χ2n) is 4.03. The predicted molar refractivity (Wildman–Crippen MR) is 69.1 cm³/mol. The molecule has 0 aliphatic carbocycles. The van der Waals surface area contributed by atoms with Crippen molar-refractivity contribution >= 4 is 17.4 Å². The van der Waals surface area contributed by atoms with Crippen molar-refractivity contribution in [1.82, 2.24) is 0 Å². The second kappa shape index (κ2) is 3.87. The van der Waals surface area contributed by atoms with E-state index < -0.39 is 0 Å². The van der Waals surface area contributed by atoms with E-state index in [9.17, 15) is 0 Å². The average Bonchev–Trinajstić information content (AvgIpc) is 2.45. The summed E-state index contributed by atoms with van der Waals surface area (Å²) in [6.45, 7) is 0.986. The molecule has 0 unspecified atom stereocenters. The fourth-order valence-corrected chi connectivity index (χ4v) is 3.17. The maximum atomic E-state index is 2.31. The van der Waals surface area contributed by atoms with E-state index in [0.29, 0.717) is 0 Å². The van der Waals surface area contributed by atoms with Crippen LogP contribution in [0.5, 0.6) is 0 Å². The Labute approximate surface area is 100 Å². The Balaban J connectivity index is 2.15. The summed E-state index contributed by atoms with van der Waals surface area (Å²) in [5, 5.41) is 0. The smallest absolute Gasteiger partial charge is 0.0508 e. The molecule has 16 heavy (non-hydrogen) atoms. The van der Waals surface area contributed by atoms with Crippen molar-refractivity contribution in [3.05, 3.63) is 54.1 Å². The third-order valence-electron chi connectivity index (χ3n) is 2.88. The van der Waals surface area contributed by atoms with Crippen molar-refractivity contribution in [3.8, 4) is 0 Å². The molecule has 0 spiro atoms. The summed E-state index contributed by atoms with van der Waals surface area (Å²) in [7, 11) is 2.15. The largest absolute Gasteiger partial charge is 0.369 e. The van der Waals surface area contributed by atoms with Gasteiger partial charge in [-0.05, 0) is 23.8 Å². The van der Waals surface area contributed by atoms with Crippen molar-refractivity contribution in [2.24, 2.45) is 0 Å². The van der Waals surface area contributed by atoms with E-state index in [0.717, 1.165) is 6.54 Å². The second-order valence-corrected chi connectivity index (χ2v) is 5.12. The lowest BCUT2D eigenvalue weighted by Crippen LogP contribution is -2.15.